The molecule has 3 heterocycles. The van der Waals surface area contributed by atoms with Crippen LogP contribution in [0.2, 0.25) is 0 Å². The van der Waals surface area contributed by atoms with Gasteiger partial charge in [0, 0.05) is 63.8 Å². The van der Waals surface area contributed by atoms with Crippen molar-refractivity contribution >= 4 is 28.8 Å². The second kappa shape index (κ2) is 11.4. The number of nitrogens with zero attached hydrogens (tertiary/aromatic N) is 5. The van der Waals surface area contributed by atoms with Gasteiger partial charge in [0.15, 0.2) is 0 Å². The molecule has 2 aliphatic heterocycles. The van der Waals surface area contributed by atoms with Gasteiger partial charge >= 0.3 is 6.09 Å². The third-order valence-electron chi connectivity index (χ3n) is 7.52. The quantitative estimate of drug-likeness (QED) is 0.613. The molecule has 0 spiro atoms. The van der Waals surface area contributed by atoms with E-state index < -0.39 is 11.7 Å². The topological polar surface area (TPSA) is 108 Å². The Kier molecular flexibility index (Phi) is 8.41. The van der Waals surface area contributed by atoms with Crippen LogP contribution in [-0.2, 0) is 16.6 Å². The molecule has 1 aromatic heterocycles. The van der Waals surface area contributed by atoms with E-state index in [4.69, 9.17) is 9.47 Å². The Morgan fingerprint density at radius 2 is 1.69 bits per heavy atom. The Morgan fingerprint density at radius 3 is 2.31 bits per heavy atom. The summed E-state index contributed by atoms with van der Waals surface area (Å²) in [6.45, 7) is 9.89. The zero-order chi connectivity index (χ0) is 28.5. The van der Waals surface area contributed by atoms with E-state index in [1.807, 2.05) is 68.5 Å². The zero-order valence-electron chi connectivity index (χ0n) is 23.8. The van der Waals surface area contributed by atoms with Gasteiger partial charge in [0.2, 0.25) is 5.91 Å². The lowest BCUT2D eigenvalue weighted by molar-refractivity contribution is -0.135. The number of aliphatic hydroxyl groups excluding tert-OH is 1. The Morgan fingerprint density at radius 1 is 1.03 bits per heavy atom. The van der Waals surface area contributed by atoms with E-state index in [1.165, 1.54) is 0 Å². The van der Waals surface area contributed by atoms with Gasteiger partial charge in [0.1, 0.15) is 17.0 Å². The molecule has 2 atom stereocenters. The summed E-state index contributed by atoms with van der Waals surface area (Å²) in [4.78, 5) is 46.3. The normalized spacial score (nSPS) is 20.8. The number of aromatic nitrogens is 1. The number of carbonyl (C=O) groups excluding carboxylic acids is 3. The number of carbonyl (C=O) groups is 3. The average molecular weight is 544 g/mol. The molecule has 0 saturated carbocycles. The molecule has 11 heteroatoms. The second-order valence-corrected chi connectivity index (χ2v) is 11.4. The third kappa shape index (κ3) is 6.30. The maximum absolute atomic E-state index is 13.3. The standard InChI is InChI=1S/C28H41N5O6/c1-19-15-32(21(18-34)16-33(19)27(37)39-28(2,3)4)17-25(35)30-9-11-31(12-10-30)26(36)24-13-20-7-8-22(38-6)14-23(20)29(24)5/h7-8,13-14,19,21,34H,9-12,15-18H2,1-6H3/t19-,21-/m1/s1. The first-order valence-corrected chi connectivity index (χ1v) is 13.5. The lowest BCUT2D eigenvalue weighted by Crippen LogP contribution is -2.62. The van der Waals surface area contributed by atoms with E-state index in [0.717, 1.165) is 16.7 Å². The van der Waals surface area contributed by atoms with Crippen LogP contribution in [0.25, 0.3) is 10.9 Å². The molecule has 11 nitrogen and oxygen atoms in total. The number of aliphatic hydroxyl groups is 1. The van der Waals surface area contributed by atoms with Gasteiger partial charge in [0.05, 0.1) is 31.8 Å². The van der Waals surface area contributed by atoms with Gasteiger partial charge in [0.25, 0.3) is 5.91 Å². The molecule has 2 aliphatic rings. The predicted molar refractivity (Wildman–Crippen MR) is 147 cm³/mol. The van der Waals surface area contributed by atoms with Crippen molar-refractivity contribution in [1.29, 1.82) is 0 Å². The lowest BCUT2D eigenvalue weighted by atomic mass is 10.1. The van der Waals surface area contributed by atoms with E-state index >= 15 is 0 Å². The third-order valence-corrected chi connectivity index (χ3v) is 7.52. The molecule has 1 N–H and O–H groups in total. The predicted octanol–water partition coefficient (Wildman–Crippen LogP) is 1.77. The smallest absolute Gasteiger partial charge is 0.410 e. The van der Waals surface area contributed by atoms with Crippen molar-refractivity contribution in [3.8, 4) is 5.75 Å². The summed E-state index contributed by atoms with van der Waals surface area (Å²) in [5.41, 5.74) is 0.912. The fraction of sp³-hybridized carbons (Fsp3) is 0.607. The molecule has 214 valence electrons. The van der Waals surface area contributed by atoms with Crippen LogP contribution in [0, 0.1) is 0 Å². The Bertz CT molecular complexity index is 1210. The van der Waals surface area contributed by atoms with E-state index in [0.29, 0.717) is 45.0 Å². The highest BCUT2D eigenvalue weighted by Crippen LogP contribution is 2.25. The van der Waals surface area contributed by atoms with Gasteiger partial charge in [-0.25, -0.2) is 4.79 Å². The van der Waals surface area contributed by atoms with Crippen LogP contribution in [0.4, 0.5) is 4.79 Å². The van der Waals surface area contributed by atoms with E-state index in [9.17, 15) is 19.5 Å². The number of piperazine rings is 2. The number of hydrogen-bond acceptors (Lipinski definition) is 7. The molecule has 0 unspecified atom stereocenters. The van der Waals surface area contributed by atoms with Crippen molar-refractivity contribution in [1.82, 2.24) is 24.2 Å². The molecular weight excluding hydrogens is 502 g/mol. The van der Waals surface area contributed by atoms with Gasteiger partial charge in [-0.2, -0.15) is 0 Å². The van der Waals surface area contributed by atoms with Crippen molar-refractivity contribution in [2.45, 2.75) is 45.4 Å². The molecule has 3 amide bonds. The largest absolute Gasteiger partial charge is 0.497 e. The van der Waals surface area contributed by atoms with Crippen LogP contribution in [0.5, 0.6) is 5.75 Å². The highest BCUT2D eigenvalue weighted by molar-refractivity contribution is 5.99. The van der Waals surface area contributed by atoms with Gasteiger partial charge < -0.3 is 33.8 Å². The van der Waals surface area contributed by atoms with Crippen molar-refractivity contribution < 1.29 is 29.0 Å². The monoisotopic (exact) mass is 543 g/mol. The van der Waals surface area contributed by atoms with Crippen molar-refractivity contribution in [3.05, 3.63) is 30.0 Å². The highest BCUT2D eigenvalue weighted by atomic mass is 16.6. The summed E-state index contributed by atoms with van der Waals surface area (Å²) in [6, 6.07) is 7.10. The van der Waals surface area contributed by atoms with Crippen LogP contribution in [0.15, 0.2) is 24.3 Å². The van der Waals surface area contributed by atoms with Crippen LogP contribution in [-0.4, -0.2) is 124 Å². The van der Waals surface area contributed by atoms with Crippen LogP contribution >= 0.6 is 0 Å². The molecule has 0 aliphatic carbocycles. The minimum atomic E-state index is -0.608. The second-order valence-electron chi connectivity index (χ2n) is 11.4. The van der Waals surface area contributed by atoms with Crippen LogP contribution in [0.1, 0.15) is 38.2 Å². The molecule has 2 aromatic rings. The molecule has 4 rings (SSSR count). The number of amides is 3. The maximum Gasteiger partial charge on any atom is 0.410 e. The molecule has 39 heavy (non-hydrogen) atoms. The minimum Gasteiger partial charge on any atom is -0.497 e. The Labute approximate surface area is 229 Å². The van der Waals surface area contributed by atoms with Crippen molar-refractivity contribution in [2.75, 3.05) is 59.5 Å². The zero-order valence-corrected chi connectivity index (χ0v) is 23.8. The average Bonchev–Trinajstić information content (AvgIpc) is 3.22. The van der Waals surface area contributed by atoms with Crippen molar-refractivity contribution in [2.24, 2.45) is 7.05 Å². The maximum atomic E-state index is 13.3. The minimum absolute atomic E-state index is 0.0461. The first-order chi connectivity index (χ1) is 18.4. The molecule has 0 radical (unpaired) electrons. The van der Waals surface area contributed by atoms with Gasteiger partial charge in [-0.3, -0.25) is 14.5 Å². The fourth-order valence-corrected chi connectivity index (χ4v) is 5.29. The van der Waals surface area contributed by atoms with E-state index in [-0.39, 0.29) is 37.0 Å². The highest BCUT2D eigenvalue weighted by Gasteiger charge is 2.37. The summed E-state index contributed by atoms with van der Waals surface area (Å²) in [6.07, 6.45) is -0.412. The molecular formula is C28H41N5O6. The summed E-state index contributed by atoms with van der Waals surface area (Å²) >= 11 is 0. The number of methoxy groups -OCH3 is 1. The summed E-state index contributed by atoms with van der Waals surface area (Å²) < 4.78 is 12.7. The summed E-state index contributed by atoms with van der Waals surface area (Å²) in [5.74, 6) is 0.626. The SMILES string of the molecule is COc1ccc2cc(C(=O)N3CCN(C(=O)CN4C[C@@H](C)N(C(=O)OC(C)(C)C)C[C@@H]4CO)CC3)n(C)c2c1. The molecule has 2 fully saturated rings. The van der Waals surface area contributed by atoms with Crippen LogP contribution in [0.3, 0.4) is 0 Å². The van der Waals surface area contributed by atoms with Gasteiger partial charge in [-0.1, -0.05) is 0 Å². The first kappa shape index (κ1) is 28.7. The van der Waals surface area contributed by atoms with Crippen molar-refractivity contribution in [3.63, 3.8) is 0 Å². The Hall–Kier alpha value is -3.31. The molecule has 1 aromatic carbocycles. The van der Waals surface area contributed by atoms with E-state index in [2.05, 4.69) is 0 Å². The Balaban J connectivity index is 1.33. The number of hydrogen-bond donors (Lipinski definition) is 1. The molecule has 0 bridgehead atoms. The first-order valence-electron chi connectivity index (χ1n) is 13.5. The number of fused-ring (bicyclic) bond motifs is 1. The van der Waals surface area contributed by atoms with Gasteiger partial charge in [-0.05, 0) is 45.9 Å². The lowest BCUT2D eigenvalue weighted by Gasteiger charge is -2.45. The summed E-state index contributed by atoms with van der Waals surface area (Å²) in [7, 11) is 3.49. The van der Waals surface area contributed by atoms with Gasteiger partial charge in [-0.15, -0.1) is 0 Å². The fourth-order valence-electron chi connectivity index (χ4n) is 5.29. The number of ether oxygens (including phenoxy) is 2. The molecule has 2 saturated heterocycles. The van der Waals surface area contributed by atoms with Crippen LogP contribution < -0.4 is 4.74 Å². The number of aryl methyl sites for hydroxylation is 1. The summed E-state index contributed by atoms with van der Waals surface area (Å²) in [5, 5.41) is 11.0. The number of rotatable bonds is 5. The van der Waals surface area contributed by atoms with E-state index in [1.54, 1.807) is 21.8 Å². The number of benzene rings is 1.